The predicted octanol–water partition coefficient (Wildman–Crippen LogP) is 5.71. The Labute approximate surface area is 211 Å². The molecule has 0 saturated heterocycles. The number of aldehydes is 1. The zero-order valence-electron chi connectivity index (χ0n) is 20.0. The zero-order valence-corrected chi connectivity index (χ0v) is 22.9. The van der Waals surface area contributed by atoms with Crippen LogP contribution in [-0.2, 0) is 23.4 Å². The first-order chi connectivity index (χ1) is 15.3. The molecule has 7 heteroatoms. The van der Waals surface area contributed by atoms with Crippen molar-refractivity contribution in [1.82, 2.24) is 0 Å². The molecule has 32 heavy (non-hydrogen) atoms. The maximum atomic E-state index is 13.7. The molecular formula is C25H38NaO5P. The average Bonchev–Trinajstić information content (AvgIpc) is 2.77. The fourth-order valence-corrected chi connectivity index (χ4v) is 8.55. The summed E-state index contributed by atoms with van der Waals surface area (Å²) in [7, 11) is -3.15. The molecule has 0 aromatic heterocycles. The second-order valence-corrected chi connectivity index (χ2v) is 13.2. The summed E-state index contributed by atoms with van der Waals surface area (Å²) in [4.78, 5) is 22.6. The first-order valence-corrected chi connectivity index (χ1v) is 15.2. The third-order valence-corrected chi connectivity index (χ3v) is 9.75. The Bertz CT molecular complexity index is 733. The van der Waals surface area contributed by atoms with Crippen LogP contribution in [0.25, 0.3) is 0 Å². The van der Waals surface area contributed by atoms with Crippen molar-refractivity contribution in [2.24, 2.45) is 11.8 Å². The van der Waals surface area contributed by atoms with Gasteiger partial charge in [-0.1, -0.05) is 0 Å². The van der Waals surface area contributed by atoms with Crippen molar-refractivity contribution in [3.8, 4) is 0 Å². The number of carbonyl (C=O) groups excluding carboxylic acids is 2. The van der Waals surface area contributed by atoms with Crippen LogP contribution >= 0.6 is 7.37 Å². The van der Waals surface area contributed by atoms with Gasteiger partial charge in [-0.3, -0.25) is 0 Å². The van der Waals surface area contributed by atoms with Gasteiger partial charge in [0.15, 0.2) is 0 Å². The van der Waals surface area contributed by atoms with Crippen LogP contribution in [0.15, 0.2) is 30.3 Å². The molecule has 1 aromatic rings. The van der Waals surface area contributed by atoms with E-state index in [0.29, 0.717) is 45.9 Å². The van der Waals surface area contributed by atoms with Gasteiger partial charge < -0.3 is 0 Å². The fourth-order valence-electron chi connectivity index (χ4n) is 4.74. The van der Waals surface area contributed by atoms with Crippen LogP contribution in [0.4, 0.5) is 0 Å². The SMILES string of the molecule is CC(C)C(OCCC=O)OP(=O)(CCCC(c1ccccc1)C1CCCCC1)C[C](=O)[Na]. The summed E-state index contributed by atoms with van der Waals surface area (Å²) in [6.45, 7) is 4.11. The topological polar surface area (TPSA) is 69.7 Å². The molecule has 1 fully saturated rings. The summed E-state index contributed by atoms with van der Waals surface area (Å²) in [5.74, 6) is 1.11. The molecule has 3 unspecified atom stereocenters. The number of carbonyl (C=O) groups is 2. The van der Waals surface area contributed by atoms with Crippen molar-refractivity contribution in [3.63, 3.8) is 0 Å². The number of hydrogen-bond donors (Lipinski definition) is 0. The molecule has 1 aliphatic rings. The minimum atomic E-state index is -3.15. The number of hydrogen-bond acceptors (Lipinski definition) is 5. The molecule has 2 rings (SSSR count). The Morgan fingerprint density at radius 2 is 1.88 bits per heavy atom. The molecule has 0 radical (unpaired) electrons. The van der Waals surface area contributed by atoms with Crippen LogP contribution in [0.5, 0.6) is 0 Å². The van der Waals surface area contributed by atoms with Crippen LogP contribution in [0.2, 0.25) is 0 Å². The van der Waals surface area contributed by atoms with Gasteiger partial charge in [0.1, 0.15) is 0 Å². The van der Waals surface area contributed by atoms with E-state index in [-0.39, 0.29) is 28.1 Å². The summed E-state index contributed by atoms with van der Waals surface area (Å²) in [6.07, 6.45) is 8.95. The van der Waals surface area contributed by atoms with Crippen molar-refractivity contribution in [2.45, 2.75) is 77.4 Å². The third-order valence-electron chi connectivity index (χ3n) is 6.28. The molecule has 3 atom stereocenters. The van der Waals surface area contributed by atoms with Crippen LogP contribution < -0.4 is 0 Å². The van der Waals surface area contributed by atoms with E-state index in [2.05, 4.69) is 30.3 Å². The number of rotatable bonds is 15. The van der Waals surface area contributed by atoms with Crippen LogP contribution in [0, 0.1) is 11.8 Å². The second kappa shape index (κ2) is 14.9. The third kappa shape index (κ3) is 9.91. The van der Waals surface area contributed by atoms with E-state index in [9.17, 15) is 14.2 Å². The van der Waals surface area contributed by atoms with Crippen molar-refractivity contribution < 1.29 is 23.4 Å². The molecule has 1 aromatic carbocycles. The van der Waals surface area contributed by atoms with E-state index in [1.54, 1.807) is 0 Å². The Hall–Kier alpha value is -0.290. The Kier molecular flexibility index (Phi) is 13.0. The first kappa shape index (κ1) is 28.0. The molecule has 174 valence electrons. The van der Waals surface area contributed by atoms with Crippen molar-refractivity contribution in [3.05, 3.63) is 35.9 Å². The quantitative estimate of drug-likeness (QED) is 0.108. The molecule has 0 bridgehead atoms. The van der Waals surface area contributed by atoms with Gasteiger partial charge >= 0.3 is 212 Å². The molecule has 0 N–H and O–H groups in total. The standard InChI is InChI=1S/C25H38O5P.Na/c1-21(2)25(29-18-10-16-26)30-31(28,20-17-27)19-9-15-24(22-11-5-3-6-12-22)23-13-7-4-8-14-23;/h3,5-6,11-12,16,21,23-25H,4,7-10,13-15,18-20H2,1-2H3;. The molecule has 0 heterocycles. The van der Waals surface area contributed by atoms with Crippen molar-refractivity contribution in [2.75, 3.05) is 18.9 Å². The summed E-state index contributed by atoms with van der Waals surface area (Å²) < 4.78 is 25.4. The maximum absolute atomic E-state index is 13.7. The van der Waals surface area contributed by atoms with E-state index >= 15 is 0 Å². The molecular weight excluding hydrogens is 434 g/mol. The first-order valence-electron chi connectivity index (χ1n) is 12.2. The second-order valence-electron chi connectivity index (χ2n) is 9.50. The van der Waals surface area contributed by atoms with Gasteiger partial charge in [0, 0.05) is 0 Å². The van der Waals surface area contributed by atoms with E-state index < -0.39 is 13.7 Å². The van der Waals surface area contributed by atoms with Gasteiger partial charge in [0.2, 0.25) is 0 Å². The van der Waals surface area contributed by atoms with Crippen molar-refractivity contribution >= 4 is 44.6 Å². The molecule has 5 nitrogen and oxygen atoms in total. The Balaban J connectivity index is 2.06. The van der Waals surface area contributed by atoms with E-state index in [0.717, 1.165) is 19.1 Å². The zero-order chi connectivity index (χ0) is 23.4. The van der Waals surface area contributed by atoms with Crippen LogP contribution in [-0.4, -0.2) is 62.5 Å². The predicted molar refractivity (Wildman–Crippen MR) is 129 cm³/mol. The van der Waals surface area contributed by atoms with E-state index in [1.165, 1.54) is 37.7 Å². The van der Waals surface area contributed by atoms with Gasteiger partial charge in [0.25, 0.3) is 0 Å². The Morgan fingerprint density at radius 1 is 1.19 bits per heavy atom. The number of ether oxygens (including phenoxy) is 1. The van der Waals surface area contributed by atoms with Gasteiger partial charge in [-0.25, -0.2) is 0 Å². The summed E-state index contributed by atoms with van der Waals surface area (Å²) in [6, 6.07) is 10.7. The average molecular weight is 473 g/mol. The summed E-state index contributed by atoms with van der Waals surface area (Å²) in [5, 5.41) is 0. The molecule has 0 spiro atoms. The normalized spacial score (nSPS) is 18.8. The van der Waals surface area contributed by atoms with Crippen LogP contribution in [0.3, 0.4) is 0 Å². The van der Waals surface area contributed by atoms with E-state index in [1.807, 2.05) is 13.8 Å². The van der Waals surface area contributed by atoms with Crippen LogP contribution in [0.1, 0.15) is 76.7 Å². The van der Waals surface area contributed by atoms with Gasteiger partial charge in [-0.05, 0) is 0 Å². The van der Waals surface area contributed by atoms with Gasteiger partial charge in [-0.2, -0.15) is 0 Å². The fraction of sp³-hybridized carbons (Fsp3) is 0.680. The number of benzene rings is 1. The summed E-state index contributed by atoms with van der Waals surface area (Å²) >= 11 is 0.363. The molecule has 1 aliphatic carbocycles. The Morgan fingerprint density at radius 3 is 2.47 bits per heavy atom. The monoisotopic (exact) mass is 472 g/mol. The van der Waals surface area contributed by atoms with Crippen molar-refractivity contribution in [1.29, 1.82) is 0 Å². The molecule has 1 saturated carbocycles. The molecule has 0 aliphatic heterocycles. The van der Waals surface area contributed by atoms with E-state index in [4.69, 9.17) is 9.26 Å². The minimum absolute atomic E-state index is 0.00108. The van der Waals surface area contributed by atoms with Gasteiger partial charge in [0.05, 0.1) is 0 Å². The van der Waals surface area contributed by atoms with Gasteiger partial charge in [-0.15, -0.1) is 0 Å². The summed E-state index contributed by atoms with van der Waals surface area (Å²) in [5.41, 5.74) is 1.37. The molecule has 0 amide bonds.